The Morgan fingerprint density at radius 1 is 1.23 bits per heavy atom. The first-order chi connectivity index (χ1) is 16.8. The number of carbonyl (C=O) groups is 1. The van der Waals surface area contributed by atoms with Gasteiger partial charge in [-0.15, -0.1) is 5.10 Å². The zero-order valence-corrected chi connectivity index (χ0v) is 19.0. The fraction of sp³-hybridized carbons (Fsp3) is 0.333. The number of nitrogens with zero attached hydrogens (tertiary/aromatic N) is 5. The standard InChI is InChI=1S/C24H25F3N6O2/c1-35-21-9-7-17(8-10-21)5-3-11-32-15-20(33-16-29-30-31-33)13-22(32)23(34)28-14-18-4-2-6-19(12-18)24(25,26)27/h2-10,12,16,20,22H,11,13-15H2,1H3,(H,28,34)/b5-3+/t20-,22+/m1/s1. The second-order valence-electron chi connectivity index (χ2n) is 8.24. The number of benzene rings is 2. The lowest BCUT2D eigenvalue weighted by Crippen LogP contribution is -2.43. The molecule has 0 radical (unpaired) electrons. The number of hydrogen-bond donors (Lipinski definition) is 1. The summed E-state index contributed by atoms with van der Waals surface area (Å²) in [6.07, 6.45) is 1.49. The van der Waals surface area contributed by atoms with Gasteiger partial charge in [-0.05, 0) is 52.2 Å². The predicted octanol–water partition coefficient (Wildman–Crippen LogP) is 3.35. The van der Waals surface area contributed by atoms with Crippen LogP contribution >= 0.6 is 0 Å². The van der Waals surface area contributed by atoms with Crippen LogP contribution in [0.2, 0.25) is 0 Å². The van der Waals surface area contributed by atoms with Gasteiger partial charge < -0.3 is 10.1 Å². The van der Waals surface area contributed by atoms with Gasteiger partial charge in [0.05, 0.1) is 24.8 Å². The molecule has 1 amide bonds. The molecule has 3 aromatic rings. The van der Waals surface area contributed by atoms with Gasteiger partial charge in [0.15, 0.2) is 0 Å². The summed E-state index contributed by atoms with van der Waals surface area (Å²) >= 11 is 0. The first-order valence-electron chi connectivity index (χ1n) is 11.0. The van der Waals surface area contributed by atoms with E-state index in [-0.39, 0.29) is 18.5 Å². The number of amides is 1. The minimum atomic E-state index is -4.43. The first kappa shape index (κ1) is 24.4. The molecule has 0 spiro atoms. The molecule has 0 aliphatic carbocycles. The molecule has 35 heavy (non-hydrogen) atoms. The van der Waals surface area contributed by atoms with E-state index in [1.807, 2.05) is 41.3 Å². The van der Waals surface area contributed by atoms with Gasteiger partial charge >= 0.3 is 6.18 Å². The van der Waals surface area contributed by atoms with Gasteiger partial charge in [-0.3, -0.25) is 9.69 Å². The molecule has 2 aromatic carbocycles. The first-order valence-corrected chi connectivity index (χ1v) is 11.0. The van der Waals surface area contributed by atoms with Gasteiger partial charge in [-0.2, -0.15) is 13.2 Å². The summed E-state index contributed by atoms with van der Waals surface area (Å²) in [5.41, 5.74) is 0.635. The largest absolute Gasteiger partial charge is 0.497 e. The monoisotopic (exact) mass is 486 g/mol. The molecule has 4 rings (SSSR count). The molecule has 11 heteroatoms. The van der Waals surface area contributed by atoms with Gasteiger partial charge in [-0.1, -0.05) is 36.4 Å². The lowest BCUT2D eigenvalue weighted by atomic mass is 10.1. The summed E-state index contributed by atoms with van der Waals surface area (Å²) in [4.78, 5) is 15.1. The second kappa shape index (κ2) is 10.7. The molecule has 0 unspecified atom stereocenters. The highest BCUT2D eigenvalue weighted by Crippen LogP contribution is 2.30. The number of methoxy groups -OCH3 is 1. The van der Waals surface area contributed by atoms with Crippen LogP contribution in [0.25, 0.3) is 6.08 Å². The number of rotatable bonds is 8. The molecule has 1 saturated heterocycles. The van der Waals surface area contributed by atoms with E-state index in [9.17, 15) is 18.0 Å². The number of alkyl halides is 3. The summed E-state index contributed by atoms with van der Waals surface area (Å²) in [5, 5.41) is 14.1. The minimum absolute atomic E-state index is 0.00429. The molecular formula is C24H25F3N6O2. The van der Waals surface area contributed by atoms with Crippen molar-refractivity contribution in [1.29, 1.82) is 0 Å². The van der Waals surface area contributed by atoms with Gasteiger partial charge in [0.1, 0.15) is 12.1 Å². The highest BCUT2D eigenvalue weighted by Gasteiger charge is 2.37. The lowest BCUT2D eigenvalue weighted by molar-refractivity contribution is -0.137. The van der Waals surface area contributed by atoms with Crippen LogP contribution in [-0.4, -0.2) is 57.3 Å². The molecule has 1 N–H and O–H groups in total. The number of halogens is 3. The van der Waals surface area contributed by atoms with Crippen LogP contribution in [0.1, 0.15) is 29.2 Å². The topological polar surface area (TPSA) is 85.2 Å². The molecule has 1 aliphatic rings. The fourth-order valence-corrected chi connectivity index (χ4v) is 4.09. The van der Waals surface area contributed by atoms with Crippen molar-refractivity contribution in [2.45, 2.75) is 31.2 Å². The van der Waals surface area contributed by atoms with E-state index in [0.29, 0.717) is 25.1 Å². The maximum atomic E-state index is 13.1. The Labute approximate surface area is 200 Å². The Hall–Kier alpha value is -3.73. The highest BCUT2D eigenvalue weighted by molar-refractivity contribution is 5.82. The fourth-order valence-electron chi connectivity index (χ4n) is 4.09. The molecule has 1 fully saturated rings. The van der Waals surface area contributed by atoms with E-state index in [1.54, 1.807) is 17.9 Å². The van der Waals surface area contributed by atoms with E-state index in [4.69, 9.17) is 4.74 Å². The third kappa shape index (κ3) is 6.24. The van der Waals surface area contributed by atoms with Crippen LogP contribution in [-0.2, 0) is 17.5 Å². The van der Waals surface area contributed by atoms with E-state index >= 15 is 0 Å². The average Bonchev–Trinajstić information content (AvgIpc) is 3.53. The van der Waals surface area contributed by atoms with Crippen molar-refractivity contribution in [3.8, 4) is 5.75 Å². The molecule has 8 nitrogen and oxygen atoms in total. The van der Waals surface area contributed by atoms with E-state index in [2.05, 4.69) is 20.8 Å². The van der Waals surface area contributed by atoms with Crippen molar-refractivity contribution in [3.63, 3.8) is 0 Å². The Kier molecular flexibility index (Phi) is 7.45. The molecule has 2 atom stereocenters. The van der Waals surface area contributed by atoms with Crippen LogP contribution in [0.5, 0.6) is 5.75 Å². The van der Waals surface area contributed by atoms with Crippen molar-refractivity contribution < 1.29 is 22.7 Å². The predicted molar refractivity (Wildman–Crippen MR) is 122 cm³/mol. The van der Waals surface area contributed by atoms with E-state index < -0.39 is 17.8 Å². The number of tetrazole rings is 1. The molecule has 1 aliphatic heterocycles. The summed E-state index contributed by atoms with van der Waals surface area (Å²) in [6, 6.07) is 12.0. The van der Waals surface area contributed by atoms with Crippen molar-refractivity contribution in [2.24, 2.45) is 0 Å². The third-order valence-corrected chi connectivity index (χ3v) is 5.91. The summed E-state index contributed by atoms with van der Waals surface area (Å²) in [6.45, 7) is 1.07. The Morgan fingerprint density at radius 3 is 2.71 bits per heavy atom. The maximum Gasteiger partial charge on any atom is 0.416 e. The van der Waals surface area contributed by atoms with E-state index in [0.717, 1.165) is 23.4 Å². The van der Waals surface area contributed by atoms with Gasteiger partial charge in [0, 0.05) is 19.6 Å². The normalized spacial score (nSPS) is 18.7. The Balaban J connectivity index is 1.42. The minimum Gasteiger partial charge on any atom is -0.497 e. The van der Waals surface area contributed by atoms with Crippen LogP contribution in [0.4, 0.5) is 13.2 Å². The van der Waals surface area contributed by atoms with Crippen molar-refractivity contribution in [1.82, 2.24) is 30.4 Å². The smallest absolute Gasteiger partial charge is 0.416 e. The molecular weight excluding hydrogens is 461 g/mol. The van der Waals surface area contributed by atoms with Gasteiger partial charge in [0.25, 0.3) is 0 Å². The van der Waals surface area contributed by atoms with Crippen molar-refractivity contribution >= 4 is 12.0 Å². The summed E-state index contributed by atoms with van der Waals surface area (Å²) in [5.74, 6) is 0.513. The summed E-state index contributed by atoms with van der Waals surface area (Å²) in [7, 11) is 1.61. The highest BCUT2D eigenvalue weighted by atomic mass is 19.4. The number of likely N-dealkylation sites (tertiary alicyclic amines) is 1. The van der Waals surface area contributed by atoms with Crippen LogP contribution < -0.4 is 10.1 Å². The molecule has 0 bridgehead atoms. The average molecular weight is 486 g/mol. The van der Waals surface area contributed by atoms with Crippen LogP contribution in [0.15, 0.2) is 60.9 Å². The summed E-state index contributed by atoms with van der Waals surface area (Å²) < 4.78 is 45.8. The number of carbonyl (C=O) groups excluding carboxylic acids is 1. The Morgan fingerprint density at radius 2 is 2.03 bits per heavy atom. The number of hydrogen-bond acceptors (Lipinski definition) is 6. The zero-order chi connectivity index (χ0) is 24.8. The number of aromatic nitrogens is 4. The second-order valence-corrected chi connectivity index (χ2v) is 8.24. The number of nitrogens with one attached hydrogen (secondary N) is 1. The maximum absolute atomic E-state index is 13.1. The van der Waals surface area contributed by atoms with Gasteiger partial charge in [0.2, 0.25) is 5.91 Å². The van der Waals surface area contributed by atoms with Gasteiger partial charge in [-0.25, -0.2) is 4.68 Å². The third-order valence-electron chi connectivity index (χ3n) is 5.91. The van der Waals surface area contributed by atoms with Crippen LogP contribution in [0.3, 0.4) is 0 Å². The SMILES string of the molecule is COc1ccc(/C=C/CN2C[C@H](n3cnnn3)C[C@H]2C(=O)NCc2cccc(C(F)(F)F)c2)cc1. The molecule has 184 valence electrons. The molecule has 2 heterocycles. The lowest BCUT2D eigenvalue weighted by Gasteiger charge is -2.22. The molecule has 0 saturated carbocycles. The Bertz CT molecular complexity index is 1150. The number of ether oxygens (including phenoxy) is 1. The zero-order valence-electron chi connectivity index (χ0n) is 19.0. The molecule has 1 aromatic heterocycles. The van der Waals surface area contributed by atoms with Crippen molar-refractivity contribution in [3.05, 3.63) is 77.6 Å². The van der Waals surface area contributed by atoms with E-state index in [1.165, 1.54) is 12.4 Å². The van der Waals surface area contributed by atoms with Crippen LogP contribution in [0, 0.1) is 0 Å². The quantitative estimate of drug-likeness (QED) is 0.526. The van der Waals surface area contributed by atoms with Crippen molar-refractivity contribution in [2.75, 3.05) is 20.2 Å².